The number of methoxy groups -OCH3 is 1. The summed E-state index contributed by atoms with van der Waals surface area (Å²) in [4.78, 5) is 12.1. The highest BCUT2D eigenvalue weighted by atomic mass is 32.2. The van der Waals surface area contributed by atoms with E-state index >= 15 is 0 Å². The maximum Gasteiger partial charge on any atom is 0.326 e. The summed E-state index contributed by atoms with van der Waals surface area (Å²) in [6.45, 7) is 3.10. The lowest BCUT2D eigenvalue weighted by Gasteiger charge is -2.33. The Morgan fingerprint density at radius 2 is 2.32 bits per heavy atom. The van der Waals surface area contributed by atoms with Gasteiger partial charge in [-0.05, 0) is 49.7 Å². The molecule has 2 atom stereocenters. The van der Waals surface area contributed by atoms with Crippen molar-refractivity contribution in [2.45, 2.75) is 44.6 Å². The molecule has 1 aliphatic carbocycles. The molecule has 0 bridgehead atoms. The summed E-state index contributed by atoms with van der Waals surface area (Å²) in [5.41, 5.74) is -0.457. The third-order valence-electron chi connectivity index (χ3n) is 3.92. The first-order valence-corrected chi connectivity index (χ1v) is 8.38. The van der Waals surface area contributed by atoms with E-state index in [0.29, 0.717) is 5.92 Å². The van der Waals surface area contributed by atoms with E-state index in [4.69, 9.17) is 9.84 Å². The third-order valence-corrected chi connectivity index (χ3v) is 5.02. The molecule has 0 spiro atoms. The second-order valence-corrected chi connectivity index (χ2v) is 6.29. The van der Waals surface area contributed by atoms with Crippen LogP contribution >= 0.6 is 11.8 Å². The number of nitrogens with one attached hydrogen (secondary N) is 1. The Hall–Kier alpha value is -0.260. The van der Waals surface area contributed by atoms with E-state index in [2.05, 4.69) is 5.32 Å². The van der Waals surface area contributed by atoms with Gasteiger partial charge in [-0.15, -0.1) is 0 Å². The van der Waals surface area contributed by atoms with E-state index < -0.39 is 5.54 Å². The lowest BCUT2D eigenvalue weighted by atomic mass is 9.85. The molecule has 5 heteroatoms. The molecule has 1 fully saturated rings. The molecule has 0 radical (unpaired) electrons. The van der Waals surface area contributed by atoms with Crippen molar-refractivity contribution in [1.82, 2.24) is 5.32 Å². The van der Waals surface area contributed by atoms with Gasteiger partial charge in [0.15, 0.2) is 0 Å². The monoisotopic (exact) mass is 289 g/mol. The van der Waals surface area contributed by atoms with Crippen molar-refractivity contribution in [3.63, 3.8) is 0 Å². The molecule has 0 aliphatic heterocycles. The summed E-state index contributed by atoms with van der Waals surface area (Å²) in [5, 5.41) is 12.1. The van der Waals surface area contributed by atoms with Gasteiger partial charge in [0.05, 0.1) is 7.11 Å². The molecule has 0 amide bonds. The number of carbonyl (C=O) groups excluding carboxylic acids is 1. The number of carbonyl (C=O) groups is 1. The van der Waals surface area contributed by atoms with Gasteiger partial charge in [0, 0.05) is 6.61 Å². The van der Waals surface area contributed by atoms with E-state index in [0.717, 1.165) is 50.2 Å². The van der Waals surface area contributed by atoms with E-state index in [1.165, 1.54) is 7.11 Å². The molecule has 2 unspecified atom stereocenters. The highest BCUT2D eigenvalue weighted by Gasteiger charge is 2.48. The number of aliphatic hydroxyl groups excluding tert-OH is 1. The second-order valence-electron chi connectivity index (χ2n) is 5.06. The Labute approximate surface area is 120 Å². The van der Waals surface area contributed by atoms with E-state index in [-0.39, 0.29) is 12.6 Å². The molecular formula is C14H27NO3S. The summed E-state index contributed by atoms with van der Waals surface area (Å²) in [6, 6.07) is 0. The highest BCUT2D eigenvalue weighted by molar-refractivity contribution is 7.99. The van der Waals surface area contributed by atoms with Crippen LogP contribution in [0.3, 0.4) is 0 Å². The van der Waals surface area contributed by atoms with Crippen molar-refractivity contribution in [3.8, 4) is 0 Å². The Morgan fingerprint density at radius 1 is 1.53 bits per heavy atom. The number of rotatable bonds is 9. The summed E-state index contributed by atoms with van der Waals surface area (Å²) in [6.07, 6.45) is 4.97. The Balaban J connectivity index is 2.51. The molecule has 2 N–H and O–H groups in total. The van der Waals surface area contributed by atoms with Crippen molar-refractivity contribution in [1.29, 1.82) is 0 Å². The standard InChI is InChI=1S/C14H27NO3S/c1-3-15-14(13(17)18-2)8-4-6-12(14)7-11-19-10-5-9-16/h12,15-16H,3-11H2,1-2H3. The zero-order chi connectivity index (χ0) is 14.1. The zero-order valence-corrected chi connectivity index (χ0v) is 12.9. The summed E-state index contributed by atoms with van der Waals surface area (Å²) in [7, 11) is 1.48. The fraction of sp³-hybridized carbons (Fsp3) is 0.929. The van der Waals surface area contributed by atoms with E-state index in [9.17, 15) is 4.79 Å². The third kappa shape index (κ3) is 4.36. The Morgan fingerprint density at radius 3 is 2.95 bits per heavy atom. The van der Waals surface area contributed by atoms with Gasteiger partial charge in [-0.3, -0.25) is 4.79 Å². The number of ether oxygens (including phenoxy) is 1. The van der Waals surface area contributed by atoms with Crippen molar-refractivity contribution in [2.75, 3.05) is 31.8 Å². The van der Waals surface area contributed by atoms with Gasteiger partial charge in [0.1, 0.15) is 5.54 Å². The average Bonchev–Trinajstić information content (AvgIpc) is 2.82. The largest absolute Gasteiger partial charge is 0.468 e. The predicted octanol–water partition coefficient (Wildman–Crippen LogP) is 1.81. The first-order valence-electron chi connectivity index (χ1n) is 7.23. The highest BCUT2D eigenvalue weighted by Crippen LogP contribution is 2.39. The minimum atomic E-state index is -0.457. The molecule has 1 saturated carbocycles. The number of aliphatic hydroxyl groups is 1. The molecule has 0 aromatic carbocycles. The minimum Gasteiger partial charge on any atom is -0.468 e. The zero-order valence-electron chi connectivity index (χ0n) is 12.1. The van der Waals surface area contributed by atoms with Crippen molar-refractivity contribution in [3.05, 3.63) is 0 Å². The van der Waals surface area contributed by atoms with Crippen LogP contribution in [0.2, 0.25) is 0 Å². The summed E-state index contributed by atoms with van der Waals surface area (Å²) < 4.78 is 5.02. The van der Waals surface area contributed by atoms with Crippen LogP contribution in [0.15, 0.2) is 0 Å². The van der Waals surface area contributed by atoms with Crippen molar-refractivity contribution in [2.24, 2.45) is 5.92 Å². The molecule has 0 saturated heterocycles. The smallest absolute Gasteiger partial charge is 0.326 e. The summed E-state index contributed by atoms with van der Waals surface area (Å²) in [5.74, 6) is 2.32. The number of hydrogen-bond acceptors (Lipinski definition) is 5. The van der Waals surface area contributed by atoms with Crippen LogP contribution in [0, 0.1) is 5.92 Å². The van der Waals surface area contributed by atoms with E-state index in [1.807, 2.05) is 18.7 Å². The SMILES string of the molecule is CCNC1(C(=O)OC)CCCC1CCSCCCO. The van der Waals surface area contributed by atoms with Crippen LogP contribution in [0.1, 0.15) is 39.0 Å². The lowest BCUT2D eigenvalue weighted by Crippen LogP contribution is -2.55. The topological polar surface area (TPSA) is 58.6 Å². The van der Waals surface area contributed by atoms with Crippen molar-refractivity contribution < 1.29 is 14.6 Å². The van der Waals surface area contributed by atoms with Crippen LogP contribution in [-0.2, 0) is 9.53 Å². The first kappa shape index (κ1) is 16.8. The number of thioether (sulfide) groups is 1. The van der Waals surface area contributed by atoms with Crippen molar-refractivity contribution >= 4 is 17.7 Å². The molecule has 0 aromatic rings. The molecule has 1 aliphatic rings. The van der Waals surface area contributed by atoms with E-state index in [1.54, 1.807) is 0 Å². The van der Waals surface area contributed by atoms with Crippen LogP contribution in [0.4, 0.5) is 0 Å². The first-order chi connectivity index (χ1) is 9.21. The van der Waals surface area contributed by atoms with Gasteiger partial charge in [0.2, 0.25) is 0 Å². The Bertz CT molecular complexity index is 275. The number of likely N-dealkylation sites (N-methyl/N-ethyl adjacent to an activating group) is 1. The average molecular weight is 289 g/mol. The van der Waals surface area contributed by atoms with Gasteiger partial charge in [-0.2, -0.15) is 11.8 Å². The normalized spacial score (nSPS) is 26.6. The fourth-order valence-corrected chi connectivity index (χ4v) is 4.02. The predicted molar refractivity (Wildman–Crippen MR) is 79.4 cm³/mol. The Kier molecular flexibility index (Phi) is 7.80. The van der Waals surface area contributed by atoms with Crippen LogP contribution in [-0.4, -0.2) is 48.4 Å². The molecule has 4 nitrogen and oxygen atoms in total. The van der Waals surface area contributed by atoms with Gasteiger partial charge in [-0.1, -0.05) is 13.3 Å². The van der Waals surface area contributed by atoms with Gasteiger partial charge < -0.3 is 15.2 Å². The fourth-order valence-electron chi connectivity index (χ4n) is 3.03. The quantitative estimate of drug-likeness (QED) is 0.501. The van der Waals surface area contributed by atoms with Gasteiger partial charge in [0.25, 0.3) is 0 Å². The summed E-state index contributed by atoms with van der Waals surface area (Å²) >= 11 is 1.86. The maximum absolute atomic E-state index is 12.1. The maximum atomic E-state index is 12.1. The molecular weight excluding hydrogens is 262 g/mol. The van der Waals surface area contributed by atoms with Gasteiger partial charge in [-0.25, -0.2) is 0 Å². The van der Waals surface area contributed by atoms with Gasteiger partial charge >= 0.3 is 5.97 Å². The minimum absolute atomic E-state index is 0.0998. The second kappa shape index (κ2) is 8.82. The number of esters is 1. The van der Waals surface area contributed by atoms with Crippen LogP contribution in [0.25, 0.3) is 0 Å². The van der Waals surface area contributed by atoms with Crippen LogP contribution in [0.5, 0.6) is 0 Å². The molecule has 0 aromatic heterocycles. The molecule has 0 heterocycles. The lowest BCUT2D eigenvalue weighted by molar-refractivity contribution is -0.150. The van der Waals surface area contributed by atoms with Crippen LogP contribution < -0.4 is 5.32 Å². The number of hydrogen-bond donors (Lipinski definition) is 2. The molecule has 19 heavy (non-hydrogen) atoms. The molecule has 1 rings (SSSR count). The molecule has 112 valence electrons.